The van der Waals surface area contributed by atoms with Crippen molar-refractivity contribution in [3.05, 3.63) is 48.3 Å². The molecule has 0 aliphatic carbocycles. The van der Waals surface area contributed by atoms with E-state index >= 15 is 0 Å². The number of pyridine rings is 1. The molecule has 0 bridgehead atoms. The summed E-state index contributed by atoms with van der Waals surface area (Å²) in [6.45, 7) is 1.60. The lowest BCUT2D eigenvalue weighted by Gasteiger charge is -2.09. The Hall–Kier alpha value is -2.08. The molecule has 0 aliphatic heterocycles. The van der Waals surface area contributed by atoms with Crippen LogP contribution in [-0.2, 0) is 0 Å². The summed E-state index contributed by atoms with van der Waals surface area (Å²) >= 11 is 0. The van der Waals surface area contributed by atoms with Crippen LogP contribution in [0.1, 0.15) is 18.7 Å². The number of benzene rings is 1. The second-order valence-electron chi connectivity index (χ2n) is 4.22. The van der Waals surface area contributed by atoms with Gasteiger partial charge < -0.3 is 9.84 Å². The lowest BCUT2D eigenvalue weighted by molar-refractivity contribution is -0.274. The highest BCUT2D eigenvalue weighted by molar-refractivity contribution is 5.63. The average molecular weight is 283 g/mol. The Morgan fingerprint density at radius 1 is 1.05 bits per heavy atom. The average Bonchev–Trinajstić information content (AvgIpc) is 2.38. The number of aromatic nitrogens is 1. The molecule has 0 aliphatic rings. The molecule has 1 N–H and O–H groups in total. The van der Waals surface area contributed by atoms with Crippen molar-refractivity contribution in [2.45, 2.75) is 19.4 Å². The molecule has 0 spiro atoms. The van der Waals surface area contributed by atoms with Gasteiger partial charge in [0.1, 0.15) is 5.75 Å². The van der Waals surface area contributed by atoms with Gasteiger partial charge in [-0.15, -0.1) is 13.2 Å². The zero-order valence-corrected chi connectivity index (χ0v) is 10.6. The molecule has 3 nitrogen and oxygen atoms in total. The maximum atomic E-state index is 12.0. The summed E-state index contributed by atoms with van der Waals surface area (Å²) in [6, 6.07) is 8.92. The molecule has 1 atom stereocenters. The first kappa shape index (κ1) is 14.3. The van der Waals surface area contributed by atoms with Crippen LogP contribution in [0.2, 0.25) is 0 Å². The minimum atomic E-state index is -4.69. The van der Waals surface area contributed by atoms with Crippen molar-refractivity contribution in [2.75, 3.05) is 0 Å². The van der Waals surface area contributed by atoms with Crippen LogP contribution >= 0.6 is 0 Å². The lowest BCUT2D eigenvalue weighted by Crippen LogP contribution is -2.16. The standard InChI is InChI=1S/C14H12F3NO2/c1-9(19)13-7-4-11(8-18-13)10-2-5-12(6-3-10)20-14(15,16)17/h2-9,19H,1H3. The monoisotopic (exact) mass is 283 g/mol. The summed E-state index contributed by atoms with van der Waals surface area (Å²) in [6.07, 6.45) is -3.80. The molecule has 6 heteroatoms. The Morgan fingerprint density at radius 3 is 2.10 bits per heavy atom. The fraction of sp³-hybridized carbons (Fsp3) is 0.214. The van der Waals surface area contributed by atoms with Gasteiger partial charge in [0.2, 0.25) is 0 Å². The van der Waals surface area contributed by atoms with Crippen LogP contribution in [-0.4, -0.2) is 16.5 Å². The van der Waals surface area contributed by atoms with E-state index in [9.17, 15) is 18.3 Å². The van der Waals surface area contributed by atoms with Gasteiger partial charge in [-0.1, -0.05) is 18.2 Å². The van der Waals surface area contributed by atoms with Crippen LogP contribution < -0.4 is 4.74 Å². The molecule has 0 saturated heterocycles. The Morgan fingerprint density at radius 2 is 1.65 bits per heavy atom. The maximum Gasteiger partial charge on any atom is 0.573 e. The number of rotatable bonds is 3. The highest BCUT2D eigenvalue weighted by atomic mass is 19.4. The van der Waals surface area contributed by atoms with E-state index in [2.05, 4.69) is 9.72 Å². The van der Waals surface area contributed by atoms with Crippen LogP contribution in [0.4, 0.5) is 13.2 Å². The van der Waals surface area contributed by atoms with Gasteiger partial charge in [0.05, 0.1) is 11.8 Å². The Labute approximate surface area is 113 Å². The normalized spacial score (nSPS) is 13.1. The van der Waals surface area contributed by atoms with Gasteiger partial charge in [0, 0.05) is 11.8 Å². The minimum absolute atomic E-state index is 0.269. The quantitative estimate of drug-likeness (QED) is 0.934. The van der Waals surface area contributed by atoms with Gasteiger partial charge in [-0.05, 0) is 30.7 Å². The summed E-state index contributed by atoms with van der Waals surface area (Å²) in [7, 11) is 0. The van der Waals surface area contributed by atoms with E-state index in [0.29, 0.717) is 11.3 Å². The van der Waals surface area contributed by atoms with Crippen molar-refractivity contribution in [1.29, 1.82) is 0 Å². The smallest absolute Gasteiger partial charge is 0.406 e. The molecule has 2 rings (SSSR count). The Kier molecular flexibility index (Phi) is 3.94. The number of halogens is 3. The molecular weight excluding hydrogens is 271 g/mol. The summed E-state index contributed by atoms with van der Waals surface area (Å²) in [5.74, 6) is -0.269. The third-order valence-corrected chi connectivity index (χ3v) is 2.64. The zero-order chi connectivity index (χ0) is 14.8. The Balaban J connectivity index is 2.17. The molecule has 0 fully saturated rings. The molecule has 1 aromatic carbocycles. The molecule has 20 heavy (non-hydrogen) atoms. The van der Waals surface area contributed by atoms with Crippen molar-refractivity contribution in [3.8, 4) is 16.9 Å². The van der Waals surface area contributed by atoms with Crippen LogP contribution in [0.15, 0.2) is 42.6 Å². The van der Waals surface area contributed by atoms with Crippen LogP contribution in [0.3, 0.4) is 0 Å². The first-order valence-corrected chi connectivity index (χ1v) is 5.85. The number of hydrogen-bond donors (Lipinski definition) is 1. The summed E-state index contributed by atoms with van der Waals surface area (Å²) in [4.78, 5) is 4.08. The third-order valence-electron chi connectivity index (χ3n) is 2.64. The molecule has 2 aromatic rings. The minimum Gasteiger partial charge on any atom is -0.406 e. The van der Waals surface area contributed by atoms with E-state index in [4.69, 9.17) is 0 Å². The maximum absolute atomic E-state index is 12.0. The first-order valence-electron chi connectivity index (χ1n) is 5.85. The number of hydrogen-bond acceptors (Lipinski definition) is 3. The largest absolute Gasteiger partial charge is 0.573 e. The third kappa shape index (κ3) is 3.71. The van der Waals surface area contributed by atoms with Crippen molar-refractivity contribution < 1.29 is 23.0 Å². The lowest BCUT2D eigenvalue weighted by atomic mass is 10.1. The summed E-state index contributed by atoms with van der Waals surface area (Å²) < 4.78 is 39.9. The number of nitrogens with zero attached hydrogens (tertiary/aromatic N) is 1. The molecule has 1 aromatic heterocycles. The van der Waals surface area contributed by atoms with E-state index in [0.717, 1.165) is 5.56 Å². The molecular formula is C14H12F3NO2. The van der Waals surface area contributed by atoms with E-state index in [-0.39, 0.29) is 5.75 Å². The van der Waals surface area contributed by atoms with Crippen LogP contribution in [0.25, 0.3) is 11.1 Å². The second kappa shape index (κ2) is 5.50. The molecule has 1 unspecified atom stereocenters. The highest BCUT2D eigenvalue weighted by Crippen LogP contribution is 2.26. The topological polar surface area (TPSA) is 42.4 Å². The number of aliphatic hydroxyl groups is 1. The van der Waals surface area contributed by atoms with Crippen LogP contribution in [0, 0.1) is 0 Å². The fourth-order valence-corrected chi connectivity index (χ4v) is 1.67. The summed E-state index contributed by atoms with van der Waals surface area (Å²) in [5, 5.41) is 9.34. The molecule has 106 valence electrons. The SMILES string of the molecule is CC(O)c1ccc(-c2ccc(OC(F)(F)F)cc2)cn1. The molecule has 0 radical (unpaired) electrons. The van der Waals surface area contributed by atoms with Gasteiger partial charge in [0.15, 0.2) is 0 Å². The number of alkyl halides is 3. The van der Waals surface area contributed by atoms with E-state index < -0.39 is 12.5 Å². The van der Waals surface area contributed by atoms with Crippen molar-refractivity contribution in [1.82, 2.24) is 4.98 Å². The molecule has 1 heterocycles. The van der Waals surface area contributed by atoms with E-state index in [1.165, 1.54) is 24.3 Å². The van der Waals surface area contributed by atoms with Gasteiger partial charge >= 0.3 is 6.36 Å². The van der Waals surface area contributed by atoms with Crippen molar-refractivity contribution in [3.63, 3.8) is 0 Å². The predicted octanol–water partition coefficient (Wildman–Crippen LogP) is 3.70. The van der Waals surface area contributed by atoms with Crippen molar-refractivity contribution >= 4 is 0 Å². The fourth-order valence-electron chi connectivity index (χ4n) is 1.67. The summed E-state index contributed by atoms with van der Waals surface area (Å²) in [5.41, 5.74) is 1.99. The zero-order valence-electron chi connectivity index (χ0n) is 10.6. The highest BCUT2D eigenvalue weighted by Gasteiger charge is 2.30. The first-order chi connectivity index (χ1) is 9.35. The number of ether oxygens (including phenoxy) is 1. The van der Waals surface area contributed by atoms with E-state index in [1.54, 1.807) is 25.3 Å². The predicted molar refractivity (Wildman–Crippen MR) is 67.0 cm³/mol. The van der Waals surface area contributed by atoms with Crippen molar-refractivity contribution in [2.24, 2.45) is 0 Å². The van der Waals surface area contributed by atoms with Gasteiger partial charge in [0.25, 0.3) is 0 Å². The van der Waals surface area contributed by atoms with Gasteiger partial charge in [-0.25, -0.2) is 0 Å². The Bertz CT molecular complexity index is 562. The van der Waals surface area contributed by atoms with Crippen LogP contribution in [0.5, 0.6) is 5.75 Å². The number of aliphatic hydroxyl groups excluding tert-OH is 1. The molecule has 0 saturated carbocycles. The molecule has 0 amide bonds. The van der Waals surface area contributed by atoms with Gasteiger partial charge in [-0.2, -0.15) is 0 Å². The second-order valence-corrected chi connectivity index (χ2v) is 4.22. The van der Waals surface area contributed by atoms with Gasteiger partial charge in [-0.3, -0.25) is 4.98 Å². The van der Waals surface area contributed by atoms with E-state index in [1.807, 2.05) is 0 Å².